The summed E-state index contributed by atoms with van der Waals surface area (Å²) < 4.78 is 37.0. The molecule has 126 valence electrons. The number of hydrogen-bond donors (Lipinski definition) is 0. The van der Waals surface area contributed by atoms with E-state index >= 15 is 0 Å². The van der Waals surface area contributed by atoms with E-state index in [0.29, 0.717) is 38.3 Å². The zero-order valence-electron chi connectivity index (χ0n) is 13.0. The lowest BCUT2D eigenvalue weighted by Crippen LogP contribution is -2.54. The van der Waals surface area contributed by atoms with Gasteiger partial charge in [-0.1, -0.05) is 6.07 Å². The van der Waals surface area contributed by atoms with Crippen LogP contribution >= 0.6 is 0 Å². The van der Waals surface area contributed by atoms with Crippen LogP contribution in [0.15, 0.2) is 18.2 Å². The van der Waals surface area contributed by atoms with E-state index in [1.54, 1.807) is 13.2 Å². The third-order valence-corrected chi connectivity index (χ3v) is 4.38. The van der Waals surface area contributed by atoms with Crippen molar-refractivity contribution in [1.29, 1.82) is 0 Å². The van der Waals surface area contributed by atoms with Crippen LogP contribution in [-0.2, 0) is 20.8 Å². The number of rotatable bonds is 5. The van der Waals surface area contributed by atoms with Gasteiger partial charge in [-0.25, -0.2) is 8.78 Å². The topological polar surface area (TPSA) is 42.0 Å². The number of fused-ring (bicyclic) bond motifs is 1. The van der Waals surface area contributed by atoms with Crippen LogP contribution in [-0.4, -0.2) is 67.8 Å². The molecule has 7 heteroatoms. The standard InChI is InChI=1S/C16H20F2N2O3/c1-22-5-4-20-14-8-19(9-15(14)23-10-16(20)21)7-11-2-3-12(17)13(18)6-11/h2-3,6,14-15H,4-5,7-10H2,1H3/t14-,15-/m0/s1. The van der Waals surface area contributed by atoms with E-state index in [1.165, 1.54) is 6.07 Å². The molecule has 0 saturated carbocycles. The minimum atomic E-state index is -0.844. The summed E-state index contributed by atoms with van der Waals surface area (Å²) in [7, 11) is 1.60. The fraction of sp³-hybridized carbons (Fsp3) is 0.562. The second kappa shape index (κ2) is 6.90. The molecule has 0 bridgehead atoms. The minimum absolute atomic E-state index is 0.0169. The van der Waals surface area contributed by atoms with Crippen molar-refractivity contribution in [2.45, 2.75) is 18.7 Å². The lowest BCUT2D eigenvalue weighted by Gasteiger charge is -2.36. The smallest absolute Gasteiger partial charge is 0.249 e. The van der Waals surface area contributed by atoms with E-state index in [0.717, 1.165) is 6.07 Å². The molecule has 3 rings (SSSR count). The van der Waals surface area contributed by atoms with Crippen LogP contribution in [0.5, 0.6) is 0 Å². The monoisotopic (exact) mass is 326 g/mol. The van der Waals surface area contributed by atoms with Crippen molar-refractivity contribution in [3.8, 4) is 0 Å². The summed E-state index contributed by atoms with van der Waals surface area (Å²) in [5.41, 5.74) is 0.706. The number of carbonyl (C=O) groups excluding carboxylic acids is 1. The highest BCUT2D eigenvalue weighted by atomic mass is 19.2. The number of ether oxygens (including phenoxy) is 2. The fourth-order valence-electron chi connectivity index (χ4n) is 3.25. The van der Waals surface area contributed by atoms with Crippen LogP contribution in [0, 0.1) is 11.6 Å². The molecule has 1 amide bonds. The molecule has 2 saturated heterocycles. The minimum Gasteiger partial charge on any atom is -0.383 e. The maximum atomic E-state index is 13.3. The number of benzene rings is 1. The van der Waals surface area contributed by atoms with Crippen LogP contribution in [0.1, 0.15) is 5.56 Å². The predicted molar refractivity (Wildman–Crippen MR) is 78.8 cm³/mol. The Bertz CT molecular complexity index is 584. The molecule has 2 aliphatic heterocycles. The van der Waals surface area contributed by atoms with Crippen molar-refractivity contribution in [2.24, 2.45) is 0 Å². The second-order valence-corrected chi connectivity index (χ2v) is 5.94. The van der Waals surface area contributed by atoms with E-state index in [2.05, 4.69) is 4.90 Å². The molecule has 23 heavy (non-hydrogen) atoms. The summed E-state index contributed by atoms with van der Waals surface area (Å²) in [6.45, 7) is 2.93. The lowest BCUT2D eigenvalue weighted by molar-refractivity contribution is -0.153. The normalized spacial score (nSPS) is 25.0. The Morgan fingerprint density at radius 2 is 2.13 bits per heavy atom. The van der Waals surface area contributed by atoms with E-state index < -0.39 is 11.6 Å². The molecule has 0 N–H and O–H groups in total. The fourth-order valence-corrected chi connectivity index (χ4v) is 3.25. The number of methoxy groups -OCH3 is 1. The molecule has 2 atom stereocenters. The molecule has 5 nitrogen and oxygen atoms in total. The van der Waals surface area contributed by atoms with E-state index in [1.807, 2.05) is 4.90 Å². The molecule has 1 aromatic rings. The maximum absolute atomic E-state index is 13.3. The summed E-state index contributed by atoms with van der Waals surface area (Å²) in [4.78, 5) is 15.9. The first-order chi connectivity index (χ1) is 11.1. The van der Waals surface area contributed by atoms with Gasteiger partial charge < -0.3 is 14.4 Å². The second-order valence-electron chi connectivity index (χ2n) is 5.94. The highest BCUT2D eigenvalue weighted by molar-refractivity contribution is 5.78. The average Bonchev–Trinajstić information content (AvgIpc) is 2.93. The maximum Gasteiger partial charge on any atom is 0.249 e. The van der Waals surface area contributed by atoms with Crippen LogP contribution < -0.4 is 0 Å². The Morgan fingerprint density at radius 3 is 2.87 bits per heavy atom. The van der Waals surface area contributed by atoms with Gasteiger partial charge in [-0.05, 0) is 17.7 Å². The number of morpholine rings is 1. The number of hydrogen-bond acceptors (Lipinski definition) is 4. The average molecular weight is 326 g/mol. The van der Waals surface area contributed by atoms with Gasteiger partial charge in [0, 0.05) is 33.3 Å². The van der Waals surface area contributed by atoms with Gasteiger partial charge in [-0.2, -0.15) is 0 Å². The van der Waals surface area contributed by atoms with Gasteiger partial charge in [0.15, 0.2) is 11.6 Å². The third kappa shape index (κ3) is 3.52. The molecule has 0 aromatic heterocycles. The van der Waals surface area contributed by atoms with Crippen molar-refractivity contribution in [2.75, 3.05) is 40.0 Å². The number of halogens is 2. The molecular formula is C16H20F2N2O3. The molecule has 0 unspecified atom stereocenters. The quantitative estimate of drug-likeness (QED) is 0.810. The summed E-state index contributed by atoms with van der Waals surface area (Å²) in [5, 5.41) is 0. The van der Waals surface area contributed by atoms with Gasteiger partial charge in [0.2, 0.25) is 5.91 Å². The molecular weight excluding hydrogens is 306 g/mol. The molecule has 2 heterocycles. The Kier molecular flexibility index (Phi) is 4.89. The zero-order valence-corrected chi connectivity index (χ0v) is 13.0. The van der Waals surface area contributed by atoms with Crippen molar-refractivity contribution in [3.05, 3.63) is 35.4 Å². The van der Waals surface area contributed by atoms with Crippen LogP contribution in [0.2, 0.25) is 0 Å². The Labute approximate surface area is 133 Å². The highest BCUT2D eigenvalue weighted by Gasteiger charge is 2.42. The predicted octanol–water partition coefficient (Wildman–Crippen LogP) is 1.02. The van der Waals surface area contributed by atoms with Gasteiger partial charge >= 0.3 is 0 Å². The molecule has 0 spiro atoms. The SMILES string of the molecule is COCCN1C(=O)CO[C@H]2CN(Cc3ccc(F)c(F)c3)C[C@@H]21. The summed E-state index contributed by atoms with van der Waals surface area (Å²) >= 11 is 0. The Balaban J connectivity index is 1.66. The first-order valence-electron chi connectivity index (χ1n) is 7.65. The third-order valence-electron chi connectivity index (χ3n) is 4.38. The van der Waals surface area contributed by atoms with Gasteiger partial charge in [0.25, 0.3) is 0 Å². The number of amides is 1. The van der Waals surface area contributed by atoms with Gasteiger partial charge in [0.1, 0.15) is 6.61 Å². The van der Waals surface area contributed by atoms with Crippen LogP contribution in [0.25, 0.3) is 0 Å². The molecule has 1 aromatic carbocycles. The summed E-state index contributed by atoms with van der Waals surface area (Å²) in [6, 6.07) is 3.91. The summed E-state index contributed by atoms with van der Waals surface area (Å²) in [6.07, 6.45) is -0.0464. The molecule has 0 aliphatic carbocycles. The van der Waals surface area contributed by atoms with E-state index in [-0.39, 0.29) is 24.7 Å². The van der Waals surface area contributed by atoms with Crippen LogP contribution in [0.4, 0.5) is 8.78 Å². The van der Waals surface area contributed by atoms with E-state index in [4.69, 9.17) is 9.47 Å². The van der Waals surface area contributed by atoms with Crippen molar-refractivity contribution in [3.63, 3.8) is 0 Å². The van der Waals surface area contributed by atoms with E-state index in [9.17, 15) is 13.6 Å². The number of carbonyl (C=O) groups is 1. The van der Waals surface area contributed by atoms with Gasteiger partial charge in [0.05, 0.1) is 18.8 Å². The number of likely N-dealkylation sites (tertiary alicyclic amines) is 1. The van der Waals surface area contributed by atoms with Gasteiger partial charge in [-0.15, -0.1) is 0 Å². The molecule has 2 fully saturated rings. The first kappa shape index (κ1) is 16.3. The van der Waals surface area contributed by atoms with Crippen molar-refractivity contribution in [1.82, 2.24) is 9.80 Å². The summed E-state index contributed by atoms with van der Waals surface area (Å²) in [5.74, 6) is -1.71. The zero-order chi connectivity index (χ0) is 16.4. The molecule has 0 radical (unpaired) electrons. The number of nitrogens with zero attached hydrogens (tertiary/aromatic N) is 2. The first-order valence-corrected chi connectivity index (χ1v) is 7.65. The Morgan fingerprint density at radius 1 is 1.30 bits per heavy atom. The van der Waals surface area contributed by atoms with Crippen LogP contribution in [0.3, 0.4) is 0 Å². The Hall–Kier alpha value is -1.57. The van der Waals surface area contributed by atoms with Crippen molar-refractivity contribution < 1.29 is 23.0 Å². The van der Waals surface area contributed by atoms with Gasteiger partial charge in [-0.3, -0.25) is 9.69 Å². The highest BCUT2D eigenvalue weighted by Crippen LogP contribution is 2.25. The van der Waals surface area contributed by atoms with Crippen molar-refractivity contribution >= 4 is 5.91 Å². The lowest BCUT2D eigenvalue weighted by atomic mass is 10.1. The molecule has 2 aliphatic rings. The largest absolute Gasteiger partial charge is 0.383 e.